The van der Waals surface area contributed by atoms with E-state index >= 15 is 0 Å². The van der Waals surface area contributed by atoms with Gasteiger partial charge in [0.25, 0.3) is 0 Å². The molecule has 0 radical (unpaired) electrons. The van der Waals surface area contributed by atoms with Gasteiger partial charge in [0.05, 0.1) is 19.4 Å². The molecule has 3 aromatic rings. The fourth-order valence-corrected chi connectivity index (χ4v) is 3.57. The molecular weight excluding hydrogens is 324 g/mol. The Hall–Kier alpha value is -2.56. The third-order valence-corrected chi connectivity index (χ3v) is 4.82. The molecule has 4 heteroatoms. The van der Waals surface area contributed by atoms with Crippen molar-refractivity contribution in [2.24, 2.45) is 0 Å². The predicted molar refractivity (Wildman–Crippen MR) is 103 cm³/mol. The third kappa shape index (κ3) is 3.39. The molecule has 4 nitrogen and oxygen atoms in total. The molecule has 1 aliphatic rings. The molecule has 0 N–H and O–H groups in total. The van der Waals surface area contributed by atoms with Crippen LogP contribution in [0.25, 0.3) is 5.69 Å². The van der Waals surface area contributed by atoms with E-state index in [0.717, 1.165) is 31.1 Å². The maximum atomic E-state index is 6.04. The first-order valence-corrected chi connectivity index (χ1v) is 8.97. The highest BCUT2D eigenvalue weighted by atomic mass is 16.5. The molecule has 1 atom stereocenters. The van der Waals surface area contributed by atoms with E-state index < -0.39 is 0 Å². The van der Waals surface area contributed by atoms with Gasteiger partial charge in [-0.15, -0.1) is 0 Å². The van der Waals surface area contributed by atoms with E-state index in [-0.39, 0.29) is 6.23 Å². The molecule has 1 fully saturated rings. The Balaban J connectivity index is 1.56. The molecule has 1 saturated heterocycles. The van der Waals surface area contributed by atoms with E-state index in [2.05, 4.69) is 65.2 Å². The van der Waals surface area contributed by atoms with Gasteiger partial charge in [-0.1, -0.05) is 42.0 Å². The molecule has 4 rings (SSSR count). The molecular formula is C22H24N2O2. The van der Waals surface area contributed by atoms with Crippen LogP contribution in [0.5, 0.6) is 5.75 Å². The molecule has 0 aliphatic carbocycles. The summed E-state index contributed by atoms with van der Waals surface area (Å²) in [6.45, 7) is 4.73. The number of benzene rings is 2. The van der Waals surface area contributed by atoms with Crippen LogP contribution in [0.15, 0.2) is 67.0 Å². The minimum Gasteiger partial charge on any atom is -0.495 e. The molecule has 0 spiro atoms. The maximum absolute atomic E-state index is 6.04. The Morgan fingerprint density at radius 3 is 2.85 bits per heavy atom. The number of ether oxygens (including phenoxy) is 2. The normalized spacial score (nSPS) is 17.5. The smallest absolute Gasteiger partial charge is 0.142 e. The van der Waals surface area contributed by atoms with Gasteiger partial charge < -0.3 is 14.0 Å². The Labute approximate surface area is 154 Å². The highest BCUT2D eigenvalue weighted by Gasteiger charge is 2.27. The van der Waals surface area contributed by atoms with Crippen LogP contribution in [0.3, 0.4) is 0 Å². The molecule has 0 bridgehead atoms. The summed E-state index contributed by atoms with van der Waals surface area (Å²) in [4.78, 5) is 2.39. The van der Waals surface area contributed by atoms with Crippen LogP contribution >= 0.6 is 0 Å². The van der Waals surface area contributed by atoms with Crippen molar-refractivity contribution in [3.63, 3.8) is 0 Å². The minimum absolute atomic E-state index is 0.00790. The van der Waals surface area contributed by atoms with Crippen LogP contribution in [0.4, 0.5) is 0 Å². The van der Waals surface area contributed by atoms with Gasteiger partial charge in [-0.05, 0) is 30.7 Å². The zero-order valence-corrected chi connectivity index (χ0v) is 15.3. The first-order valence-electron chi connectivity index (χ1n) is 8.97. The topological polar surface area (TPSA) is 26.6 Å². The third-order valence-electron chi connectivity index (χ3n) is 4.82. The van der Waals surface area contributed by atoms with Crippen molar-refractivity contribution in [3.05, 3.63) is 83.7 Å². The minimum atomic E-state index is -0.00790. The summed E-state index contributed by atoms with van der Waals surface area (Å²) >= 11 is 0. The van der Waals surface area contributed by atoms with Gasteiger partial charge in [0.2, 0.25) is 0 Å². The molecule has 2 heterocycles. The van der Waals surface area contributed by atoms with Gasteiger partial charge in [-0.25, -0.2) is 0 Å². The molecule has 2 aromatic carbocycles. The Kier molecular flexibility index (Phi) is 4.78. The average Bonchev–Trinajstić information content (AvgIpc) is 3.31. The van der Waals surface area contributed by atoms with Crippen molar-refractivity contribution >= 4 is 0 Å². The first kappa shape index (κ1) is 16.9. The van der Waals surface area contributed by atoms with Crippen LogP contribution in [-0.4, -0.2) is 29.7 Å². The van der Waals surface area contributed by atoms with Gasteiger partial charge in [0.1, 0.15) is 12.0 Å². The number of rotatable bonds is 5. The summed E-state index contributed by atoms with van der Waals surface area (Å²) < 4.78 is 13.6. The summed E-state index contributed by atoms with van der Waals surface area (Å²) in [5.41, 5.74) is 4.82. The lowest BCUT2D eigenvalue weighted by atomic mass is 10.1. The standard InChI is InChI=1S/C22H24N2O2/c1-17-6-5-7-18(14-17)15-24-12-13-26-22(24)19-10-11-23(16-19)20-8-3-4-9-21(20)25-2/h3-11,14,16,22H,12-13,15H2,1-2H3/t22-/m1/s1. The zero-order chi connectivity index (χ0) is 17.9. The summed E-state index contributed by atoms with van der Waals surface area (Å²) in [5.74, 6) is 0.860. The van der Waals surface area contributed by atoms with Crippen molar-refractivity contribution in [2.45, 2.75) is 19.7 Å². The number of aryl methyl sites for hydroxylation is 1. The van der Waals surface area contributed by atoms with Gasteiger partial charge >= 0.3 is 0 Å². The molecule has 1 aliphatic heterocycles. The highest BCUT2D eigenvalue weighted by molar-refractivity contribution is 5.47. The molecule has 1 aromatic heterocycles. The lowest BCUT2D eigenvalue weighted by Gasteiger charge is -2.22. The van der Waals surface area contributed by atoms with E-state index in [4.69, 9.17) is 9.47 Å². The highest BCUT2D eigenvalue weighted by Crippen LogP contribution is 2.31. The predicted octanol–water partition coefficient (Wildman–Crippen LogP) is 4.33. The number of methoxy groups -OCH3 is 1. The Morgan fingerprint density at radius 1 is 1.12 bits per heavy atom. The summed E-state index contributed by atoms with van der Waals surface area (Å²) in [5, 5.41) is 0. The number of hydrogen-bond acceptors (Lipinski definition) is 3. The number of aromatic nitrogens is 1. The van der Waals surface area contributed by atoms with E-state index in [1.54, 1.807) is 7.11 Å². The number of para-hydroxylation sites is 2. The molecule has 0 saturated carbocycles. The Bertz CT molecular complexity index is 887. The molecule has 0 amide bonds. The van der Waals surface area contributed by atoms with E-state index in [1.165, 1.54) is 16.7 Å². The van der Waals surface area contributed by atoms with Crippen molar-refractivity contribution in [1.82, 2.24) is 9.47 Å². The molecule has 26 heavy (non-hydrogen) atoms. The van der Waals surface area contributed by atoms with Crippen LogP contribution in [-0.2, 0) is 11.3 Å². The second-order valence-electron chi connectivity index (χ2n) is 6.71. The van der Waals surface area contributed by atoms with E-state index in [1.807, 2.05) is 18.2 Å². The van der Waals surface area contributed by atoms with Crippen molar-refractivity contribution in [2.75, 3.05) is 20.3 Å². The van der Waals surface area contributed by atoms with Crippen LogP contribution in [0, 0.1) is 6.92 Å². The summed E-state index contributed by atoms with van der Waals surface area (Å²) in [6.07, 6.45) is 4.20. The fourth-order valence-electron chi connectivity index (χ4n) is 3.57. The van der Waals surface area contributed by atoms with Gasteiger partial charge in [-0.2, -0.15) is 0 Å². The summed E-state index contributed by atoms with van der Waals surface area (Å²) in [7, 11) is 1.70. The largest absolute Gasteiger partial charge is 0.495 e. The van der Waals surface area contributed by atoms with E-state index in [9.17, 15) is 0 Å². The second kappa shape index (κ2) is 7.36. The van der Waals surface area contributed by atoms with Crippen LogP contribution < -0.4 is 4.74 Å². The van der Waals surface area contributed by atoms with Crippen molar-refractivity contribution in [1.29, 1.82) is 0 Å². The maximum Gasteiger partial charge on any atom is 0.142 e. The van der Waals surface area contributed by atoms with Gasteiger partial charge in [-0.3, -0.25) is 4.90 Å². The number of nitrogens with zero attached hydrogens (tertiary/aromatic N) is 2. The zero-order valence-electron chi connectivity index (χ0n) is 15.3. The van der Waals surface area contributed by atoms with Gasteiger partial charge in [0, 0.05) is 31.0 Å². The van der Waals surface area contributed by atoms with Crippen molar-refractivity contribution in [3.8, 4) is 11.4 Å². The second-order valence-corrected chi connectivity index (χ2v) is 6.71. The number of hydrogen-bond donors (Lipinski definition) is 0. The first-order chi connectivity index (χ1) is 12.7. The summed E-state index contributed by atoms with van der Waals surface area (Å²) in [6, 6.07) is 18.9. The SMILES string of the molecule is COc1ccccc1-n1ccc([C@H]2OCCN2Cc2cccc(C)c2)c1. The quantitative estimate of drug-likeness (QED) is 0.687. The monoisotopic (exact) mass is 348 g/mol. The molecule has 0 unspecified atom stereocenters. The van der Waals surface area contributed by atoms with Crippen LogP contribution in [0.2, 0.25) is 0 Å². The fraction of sp³-hybridized carbons (Fsp3) is 0.273. The molecule has 134 valence electrons. The van der Waals surface area contributed by atoms with Crippen molar-refractivity contribution < 1.29 is 9.47 Å². The lowest BCUT2D eigenvalue weighted by molar-refractivity contribution is 0.0288. The van der Waals surface area contributed by atoms with Gasteiger partial charge in [0.15, 0.2) is 0 Å². The lowest BCUT2D eigenvalue weighted by Crippen LogP contribution is -2.23. The van der Waals surface area contributed by atoms with E-state index in [0.29, 0.717) is 0 Å². The average molecular weight is 348 g/mol. The van der Waals surface area contributed by atoms with Crippen LogP contribution in [0.1, 0.15) is 22.9 Å². The Morgan fingerprint density at radius 2 is 2.00 bits per heavy atom.